The molecule has 2 rings (SSSR count). The first-order valence-electron chi connectivity index (χ1n) is 5.55. The Morgan fingerprint density at radius 1 is 1.60 bits per heavy atom. The van der Waals surface area contributed by atoms with Crippen LogP contribution >= 0.6 is 0 Å². The summed E-state index contributed by atoms with van der Waals surface area (Å²) < 4.78 is 0. The molecule has 3 heteroatoms. The molecule has 0 bridgehead atoms. The van der Waals surface area contributed by atoms with E-state index in [0.29, 0.717) is 12.3 Å². The predicted molar refractivity (Wildman–Crippen MR) is 58.3 cm³/mol. The largest absolute Gasteiger partial charge is 0.694 e. The Morgan fingerprint density at radius 3 is 2.87 bits per heavy atom. The molecule has 86 valence electrons. The van der Waals surface area contributed by atoms with Crippen molar-refractivity contribution in [2.45, 2.75) is 38.9 Å². The van der Waals surface area contributed by atoms with Crippen molar-refractivity contribution in [2.24, 2.45) is 11.3 Å². The molecule has 3 nitrogen and oxygen atoms in total. The molecule has 1 aliphatic carbocycles. The van der Waals surface area contributed by atoms with Gasteiger partial charge in [-0.15, -0.1) is 0 Å². The Morgan fingerprint density at radius 2 is 2.27 bits per heavy atom. The van der Waals surface area contributed by atoms with Crippen molar-refractivity contribution in [3.8, 4) is 5.92 Å². The second-order valence-corrected chi connectivity index (χ2v) is 4.52. The van der Waals surface area contributed by atoms with E-state index >= 15 is 0 Å². The maximum Gasteiger partial charge on any atom is 0.152 e. The van der Waals surface area contributed by atoms with Crippen molar-refractivity contribution in [1.82, 2.24) is 5.32 Å². The quantitative estimate of drug-likeness (QED) is 0.357. The minimum absolute atomic E-state index is 0.216. The number of aliphatic hydroxyl groups excluding tert-OH is 1. The van der Waals surface area contributed by atoms with Gasteiger partial charge >= 0.3 is 0 Å². The van der Waals surface area contributed by atoms with Gasteiger partial charge < -0.3 is 27.9 Å². The van der Waals surface area contributed by atoms with Crippen molar-refractivity contribution in [2.75, 3.05) is 13.1 Å². The fourth-order valence-corrected chi connectivity index (χ4v) is 2.96. The summed E-state index contributed by atoms with van der Waals surface area (Å²) in [6.07, 6.45) is 9.09. The average molecular weight is 210 g/mol. The van der Waals surface area contributed by atoms with Crippen molar-refractivity contribution in [3.63, 3.8) is 0 Å². The third kappa shape index (κ3) is 2.94. The van der Waals surface area contributed by atoms with E-state index in [1.54, 1.807) is 6.92 Å². The molecule has 15 heavy (non-hydrogen) atoms. The summed E-state index contributed by atoms with van der Waals surface area (Å²) in [7, 11) is 0. The van der Waals surface area contributed by atoms with Crippen molar-refractivity contribution >= 4 is 0 Å². The molecule has 1 saturated carbocycles. The maximum atomic E-state index is 8.98. The number of rotatable bonds is 2. The predicted octanol–water partition coefficient (Wildman–Crippen LogP) is 0.673. The molecule has 0 aromatic rings. The summed E-state index contributed by atoms with van der Waals surface area (Å²) in [5.41, 5.74) is 0.216. The van der Waals surface area contributed by atoms with Crippen LogP contribution in [-0.4, -0.2) is 29.6 Å². The SMILES string of the molecule is OC(O)CC12CCCC1CNC2.[C-]#CC. The van der Waals surface area contributed by atoms with Gasteiger partial charge in [-0.1, -0.05) is 6.42 Å². The van der Waals surface area contributed by atoms with Crippen LogP contribution in [0.4, 0.5) is 0 Å². The highest BCUT2D eigenvalue weighted by atomic mass is 16.5. The lowest BCUT2D eigenvalue weighted by molar-refractivity contribution is -0.0738. The van der Waals surface area contributed by atoms with Gasteiger partial charge in [0.25, 0.3) is 0 Å². The Balaban J connectivity index is 0.000000337. The van der Waals surface area contributed by atoms with Gasteiger partial charge in [-0.3, -0.25) is 0 Å². The van der Waals surface area contributed by atoms with Gasteiger partial charge in [0.1, 0.15) is 0 Å². The van der Waals surface area contributed by atoms with Crippen LogP contribution in [0.5, 0.6) is 0 Å². The van der Waals surface area contributed by atoms with E-state index in [1.807, 2.05) is 5.92 Å². The molecule has 2 unspecified atom stereocenters. The summed E-state index contributed by atoms with van der Waals surface area (Å²) in [6, 6.07) is 0. The van der Waals surface area contributed by atoms with Gasteiger partial charge in [-0.25, -0.2) is 0 Å². The van der Waals surface area contributed by atoms with Gasteiger partial charge in [0.05, 0.1) is 0 Å². The van der Waals surface area contributed by atoms with E-state index in [-0.39, 0.29) is 5.41 Å². The van der Waals surface area contributed by atoms with Crippen LogP contribution in [0.25, 0.3) is 0 Å². The lowest BCUT2D eigenvalue weighted by Crippen LogP contribution is -2.30. The molecule has 2 fully saturated rings. The third-order valence-electron chi connectivity index (χ3n) is 3.55. The summed E-state index contributed by atoms with van der Waals surface area (Å²) in [4.78, 5) is 0. The van der Waals surface area contributed by atoms with Crippen LogP contribution in [-0.2, 0) is 0 Å². The van der Waals surface area contributed by atoms with E-state index in [0.717, 1.165) is 13.1 Å². The molecule has 0 amide bonds. The Hall–Kier alpha value is -0.560. The zero-order valence-electron chi connectivity index (χ0n) is 9.29. The van der Waals surface area contributed by atoms with Gasteiger partial charge in [-0.05, 0) is 37.6 Å². The minimum Gasteiger partial charge on any atom is -0.694 e. The molecule has 3 N–H and O–H groups in total. The molecule has 1 aliphatic heterocycles. The van der Waals surface area contributed by atoms with Crippen LogP contribution in [0.15, 0.2) is 0 Å². The highest BCUT2D eigenvalue weighted by Gasteiger charge is 2.46. The average Bonchev–Trinajstić information content (AvgIpc) is 2.62. The fourth-order valence-electron chi connectivity index (χ4n) is 2.96. The topological polar surface area (TPSA) is 52.5 Å². The molecule has 0 aromatic heterocycles. The van der Waals surface area contributed by atoms with Crippen LogP contribution in [0.1, 0.15) is 32.6 Å². The highest BCUT2D eigenvalue weighted by molar-refractivity contribution is 4.99. The molecule has 0 spiro atoms. The van der Waals surface area contributed by atoms with E-state index in [2.05, 4.69) is 5.32 Å². The van der Waals surface area contributed by atoms with Crippen molar-refractivity contribution in [3.05, 3.63) is 6.42 Å². The van der Waals surface area contributed by atoms with E-state index < -0.39 is 6.29 Å². The Labute approximate surface area is 91.9 Å². The van der Waals surface area contributed by atoms with Gasteiger partial charge in [0, 0.05) is 13.0 Å². The molecular formula is C12H20NO2-. The molecular weight excluding hydrogens is 190 g/mol. The lowest BCUT2D eigenvalue weighted by atomic mass is 9.77. The number of fused-ring (bicyclic) bond motifs is 1. The Kier molecular flexibility index (Phi) is 4.59. The van der Waals surface area contributed by atoms with Crippen LogP contribution in [0.3, 0.4) is 0 Å². The summed E-state index contributed by atoms with van der Waals surface area (Å²) in [6.45, 7) is 3.60. The van der Waals surface area contributed by atoms with E-state index in [1.165, 1.54) is 19.3 Å². The molecule has 2 atom stereocenters. The summed E-state index contributed by atoms with van der Waals surface area (Å²) in [5.74, 6) is 2.69. The number of hydrogen-bond donors (Lipinski definition) is 3. The second kappa shape index (κ2) is 5.50. The zero-order valence-corrected chi connectivity index (χ0v) is 9.29. The summed E-state index contributed by atoms with van der Waals surface area (Å²) in [5, 5.41) is 21.3. The maximum absolute atomic E-state index is 8.98. The van der Waals surface area contributed by atoms with E-state index in [4.69, 9.17) is 16.6 Å². The third-order valence-corrected chi connectivity index (χ3v) is 3.55. The molecule has 2 aliphatic rings. The minimum atomic E-state index is -1.12. The van der Waals surface area contributed by atoms with Crippen molar-refractivity contribution in [1.29, 1.82) is 0 Å². The molecule has 0 aromatic carbocycles. The molecule has 1 saturated heterocycles. The summed E-state index contributed by atoms with van der Waals surface area (Å²) >= 11 is 0. The standard InChI is InChI=1S/C9H17NO2.C3H3/c11-8(12)4-9-3-1-2-7(9)5-10-6-9;1-3-2/h7-8,10-12H,1-6H2;1H3/q;-1. The number of nitrogens with one attached hydrogen (secondary N) is 1. The van der Waals surface area contributed by atoms with Gasteiger partial charge in [0.15, 0.2) is 6.29 Å². The molecule has 1 heterocycles. The fraction of sp³-hybridized carbons (Fsp3) is 0.833. The van der Waals surface area contributed by atoms with Crippen molar-refractivity contribution < 1.29 is 10.2 Å². The van der Waals surface area contributed by atoms with Crippen LogP contribution in [0, 0.1) is 23.7 Å². The normalized spacial score (nSPS) is 33.1. The highest BCUT2D eigenvalue weighted by Crippen LogP contribution is 2.48. The first kappa shape index (κ1) is 12.5. The smallest absolute Gasteiger partial charge is 0.152 e. The lowest BCUT2D eigenvalue weighted by Gasteiger charge is -2.28. The van der Waals surface area contributed by atoms with Gasteiger partial charge in [0.2, 0.25) is 0 Å². The second-order valence-electron chi connectivity index (χ2n) is 4.52. The number of hydrogen-bond acceptors (Lipinski definition) is 3. The monoisotopic (exact) mass is 210 g/mol. The zero-order chi connectivity index (χ0) is 11.3. The number of aliphatic hydroxyl groups is 2. The van der Waals surface area contributed by atoms with Gasteiger partial charge in [-0.2, -0.15) is 0 Å². The van der Waals surface area contributed by atoms with Crippen LogP contribution in [0.2, 0.25) is 0 Å². The van der Waals surface area contributed by atoms with E-state index in [9.17, 15) is 0 Å². The first-order valence-corrected chi connectivity index (χ1v) is 5.55. The van der Waals surface area contributed by atoms with Crippen LogP contribution < -0.4 is 5.32 Å². The first-order chi connectivity index (χ1) is 7.14. The Bertz CT molecular complexity index is 222. The molecule has 0 radical (unpaired) electrons.